The molecule has 1 aromatic carbocycles. The van der Waals surface area contributed by atoms with Crippen molar-refractivity contribution >= 4 is 0 Å². The fourth-order valence-corrected chi connectivity index (χ4v) is 1.65. The van der Waals surface area contributed by atoms with E-state index in [9.17, 15) is 30.7 Å². The molecule has 0 saturated carbocycles. The number of ether oxygens (including phenoxy) is 1. The van der Waals surface area contributed by atoms with Gasteiger partial charge in [-0.15, -0.1) is 13.2 Å². The van der Waals surface area contributed by atoms with Gasteiger partial charge >= 0.3 is 12.5 Å². The van der Waals surface area contributed by atoms with E-state index in [1.807, 2.05) is 0 Å². The highest BCUT2D eigenvalue weighted by Crippen LogP contribution is 2.32. The average Bonchev–Trinajstić information content (AvgIpc) is 2.36. The Labute approximate surface area is 119 Å². The topological polar surface area (TPSA) is 22.1 Å². The molecule has 2 rings (SSSR count). The predicted molar refractivity (Wildman–Crippen MR) is 61.3 cm³/mol. The van der Waals surface area contributed by atoms with Crippen LogP contribution < -0.4 is 4.74 Å². The summed E-state index contributed by atoms with van der Waals surface area (Å²) in [7, 11) is 0. The molecule has 2 nitrogen and oxygen atoms in total. The normalized spacial score (nSPS) is 12.3. The van der Waals surface area contributed by atoms with Crippen molar-refractivity contribution in [1.29, 1.82) is 0 Å². The quantitative estimate of drug-likeness (QED) is 0.740. The zero-order valence-corrected chi connectivity index (χ0v) is 10.5. The second kappa shape index (κ2) is 5.47. The minimum atomic E-state index is -5.01. The van der Waals surface area contributed by atoms with Gasteiger partial charge in [0.15, 0.2) is 11.5 Å². The molecule has 0 unspecified atom stereocenters. The number of nitrogens with zero attached hydrogens (tertiary/aromatic N) is 1. The van der Waals surface area contributed by atoms with Crippen LogP contribution in [0.1, 0.15) is 5.69 Å². The molecule has 0 aliphatic heterocycles. The second-order valence-corrected chi connectivity index (χ2v) is 4.10. The van der Waals surface area contributed by atoms with Crippen LogP contribution in [0.3, 0.4) is 0 Å². The smallest absolute Gasteiger partial charge is 0.406 e. The first-order valence-electron chi connectivity index (χ1n) is 5.66. The number of alkyl halides is 6. The van der Waals surface area contributed by atoms with Crippen molar-refractivity contribution in [2.45, 2.75) is 12.5 Å². The van der Waals surface area contributed by atoms with E-state index in [1.54, 1.807) is 0 Å². The number of hydrogen-bond donors (Lipinski definition) is 0. The van der Waals surface area contributed by atoms with Gasteiger partial charge in [0.25, 0.3) is 0 Å². The van der Waals surface area contributed by atoms with E-state index in [0.717, 1.165) is 24.3 Å². The minimum Gasteiger partial charge on any atom is -0.406 e. The molecule has 0 saturated heterocycles. The highest BCUT2D eigenvalue weighted by atomic mass is 19.4. The van der Waals surface area contributed by atoms with Crippen molar-refractivity contribution in [3.8, 4) is 17.0 Å². The Hall–Kier alpha value is -2.32. The van der Waals surface area contributed by atoms with Crippen molar-refractivity contribution in [3.05, 3.63) is 47.9 Å². The van der Waals surface area contributed by atoms with E-state index in [1.165, 1.54) is 6.07 Å². The average molecular weight is 325 g/mol. The molecule has 0 amide bonds. The van der Waals surface area contributed by atoms with Gasteiger partial charge in [-0.2, -0.15) is 13.2 Å². The molecule has 0 bridgehead atoms. The number of aromatic nitrogens is 1. The van der Waals surface area contributed by atoms with Crippen LogP contribution in [0.4, 0.5) is 30.7 Å². The van der Waals surface area contributed by atoms with Crippen molar-refractivity contribution in [1.82, 2.24) is 4.98 Å². The van der Waals surface area contributed by atoms with Gasteiger partial charge in [-0.3, -0.25) is 0 Å². The van der Waals surface area contributed by atoms with Crippen molar-refractivity contribution in [2.75, 3.05) is 0 Å². The summed E-state index contributed by atoms with van der Waals surface area (Å²) in [6.07, 6.45) is -9.95. The van der Waals surface area contributed by atoms with Gasteiger partial charge < -0.3 is 4.74 Å². The SMILES string of the molecule is Fc1ccc(-c2cccc(OC(F)(F)F)c2)nc1C(F)(F)F. The van der Waals surface area contributed by atoms with E-state index in [4.69, 9.17) is 0 Å². The predicted octanol–water partition coefficient (Wildman–Crippen LogP) is 4.81. The highest BCUT2D eigenvalue weighted by Gasteiger charge is 2.36. The van der Waals surface area contributed by atoms with Crippen LogP contribution in [0.15, 0.2) is 36.4 Å². The van der Waals surface area contributed by atoms with Crippen LogP contribution in [0.2, 0.25) is 0 Å². The summed E-state index contributed by atoms with van der Waals surface area (Å²) in [6, 6.07) is 5.68. The Morgan fingerprint density at radius 2 is 1.59 bits per heavy atom. The standard InChI is InChI=1S/C13H6F7NO/c14-9-4-5-10(21-11(9)12(15,16)17)7-2-1-3-8(6-7)22-13(18,19)20/h1-6H. The summed E-state index contributed by atoms with van der Waals surface area (Å²) in [6.45, 7) is 0. The summed E-state index contributed by atoms with van der Waals surface area (Å²) in [5, 5.41) is 0. The van der Waals surface area contributed by atoms with E-state index in [2.05, 4.69) is 9.72 Å². The molecule has 22 heavy (non-hydrogen) atoms. The van der Waals surface area contributed by atoms with Gasteiger partial charge in [0, 0.05) is 5.56 Å². The first-order valence-corrected chi connectivity index (χ1v) is 5.66. The molecule has 0 radical (unpaired) electrons. The summed E-state index contributed by atoms with van der Waals surface area (Å²) in [4.78, 5) is 3.11. The molecule has 9 heteroatoms. The summed E-state index contributed by atoms with van der Waals surface area (Å²) < 4.78 is 90.8. The monoisotopic (exact) mass is 325 g/mol. The van der Waals surface area contributed by atoms with E-state index in [-0.39, 0.29) is 11.3 Å². The molecule has 1 aromatic heterocycles. The number of rotatable bonds is 2. The maximum absolute atomic E-state index is 13.1. The first-order chi connectivity index (χ1) is 10.1. The molecule has 0 fully saturated rings. The van der Waals surface area contributed by atoms with Crippen LogP contribution >= 0.6 is 0 Å². The largest absolute Gasteiger partial charge is 0.573 e. The van der Waals surface area contributed by atoms with Crippen molar-refractivity contribution in [2.24, 2.45) is 0 Å². The Bertz CT molecular complexity index is 679. The fraction of sp³-hybridized carbons (Fsp3) is 0.154. The van der Waals surface area contributed by atoms with Crippen LogP contribution in [0, 0.1) is 5.82 Å². The number of halogens is 7. The molecule has 2 aromatic rings. The number of pyridine rings is 1. The van der Waals surface area contributed by atoms with Gasteiger partial charge in [0.1, 0.15) is 5.75 Å². The van der Waals surface area contributed by atoms with Gasteiger partial charge in [0.2, 0.25) is 0 Å². The third-order valence-corrected chi connectivity index (χ3v) is 2.48. The lowest BCUT2D eigenvalue weighted by molar-refractivity contribution is -0.274. The highest BCUT2D eigenvalue weighted by molar-refractivity contribution is 5.61. The molecule has 1 heterocycles. The van der Waals surface area contributed by atoms with Gasteiger partial charge in [-0.1, -0.05) is 12.1 Å². The number of hydrogen-bond acceptors (Lipinski definition) is 2. The lowest BCUT2D eigenvalue weighted by Gasteiger charge is -2.11. The number of benzene rings is 1. The van der Waals surface area contributed by atoms with Gasteiger partial charge in [-0.25, -0.2) is 9.37 Å². The molecule has 0 aliphatic carbocycles. The fourth-order valence-electron chi connectivity index (χ4n) is 1.65. The molecular formula is C13H6F7NO. The molecule has 118 valence electrons. The van der Waals surface area contributed by atoms with Gasteiger partial charge in [0.05, 0.1) is 5.69 Å². The second-order valence-electron chi connectivity index (χ2n) is 4.10. The minimum absolute atomic E-state index is 0.0766. The van der Waals surface area contributed by atoms with Crippen LogP contribution in [-0.4, -0.2) is 11.3 Å². The van der Waals surface area contributed by atoms with E-state index < -0.39 is 29.8 Å². The lowest BCUT2D eigenvalue weighted by Crippen LogP contribution is -2.17. The molecule has 0 atom stereocenters. The third kappa shape index (κ3) is 3.86. The molecule has 0 spiro atoms. The third-order valence-electron chi connectivity index (χ3n) is 2.48. The van der Waals surface area contributed by atoms with Crippen LogP contribution in [-0.2, 0) is 6.18 Å². The van der Waals surface area contributed by atoms with Crippen molar-refractivity contribution < 1.29 is 35.5 Å². The van der Waals surface area contributed by atoms with E-state index >= 15 is 0 Å². The zero-order valence-electron chi connectivity index (χ0n) is 10.5. The zero-order chi connectivity index (χ0) is 16.5. The van der Waals surface area contributed by atoms with Gasteiger partial charge in [-0.05, 0) is 24.3 Å². The summed E-state index contributed by atoms with van der Waals surface area (Å²) in [5.74, 6) is -2.19. The maximum Gasteiger partial charge on any atom is 0.573 e. The Kier molecular flexibility index (Phi) is 3.99. The maximum atomic E-state index is 13.1. The Morgan fingerprint density at radius 3 is 2.18 bits per heavy atom. The molecular weight excluding hydrogens is 319 g/mol. The lowest BCUT2D eigenvalue weighted by atomic mass is 10.1. The Morgan fingerprint density at radius 1 is 0.909 bits per heavy atom. The van der Waals surface area contributed by atoms with Crippen molar-refractivity contribution in [3.63, 3.8) is 0 Å². The first kappa shape index (κ1) is 16.1. The molecule has 0 aliphatic rings. The summed E-state index contributed by atoms with van der Waals surface area (Å²) in [5.41, 5.74) is -2.15. The molecule has 0 N–H and O–H groups in total. The summed E-state index contributed by atoms with van der Waals surface area (Å²) >= 11 is 0. The van der Waals surface area contributed by atoms with Crippen LogP contribution in [0.5, 0.6) is 5.75 Å². The van der Waals surface area contributed by atoms with E-state index in [0.29, 0.717) is 6.07 Å². The Balaban J connectivity index is 2.43. The van der Waals surface area contributed by atoms with Crippen LogP contribution in [0.25, 0.3) is 11.3 Å².